The molecule has 3 rings (SSSR count). The minimum atomic E-state index is -0.403. The maximum absolute atomic E-state index is 11.9. The average molecular weight is 224 g/mol. The first-order chi connectivity index (χ1) is 8.27. The van der Waals surface area contributed by atoms with Crippen molar-refractivity contribution in [3.05, 3.63) is 72.0 Å². The zero-order valence-electron chi connectivity index (χ0n) is 9.30. The maximum atomic E-state index is 11.9. The van der Waals surface area contributed by atoms with E-state index in [1.54, 1.807) is 6.08 Å². The summed E-state index contributed by atoms with van der Waals surface area (Å²) in [6, 6.07) is 9.25. The molecule has 2 aliphatic rings. The lowest BCUT2D eigenvalue weighted by molar-refractivity contribution is 0.103. The fourth-order valence-corrected chi connectivity index (χ4v) is 2.06. The molecular weight excluding hydrogens is 212 g/mol. The molecule has 2 heterocycles. The highest BCUT2D eigenvalue weighted by atomic mass is 16.5. The first kappa shape index (κ1) is 10.1. The van der Waals surface area contributed by atoms with Crippen LogP contribution in [-0.4, -0.2) is 11.4 Å². The Morgan fingerprint density at radius 3 is 2.71 bits per heavy atom. The third-order valence-corrected chi connectivity index (χ3v) is 3.04. The molecule has 0 N–H and O–H groups in total. The van der Waals surface area contributed by atoms with E-state index in [1.807, 2.05) is 54.6 Å². The summed E-state index contributed by atoms with van der Waals surface area (Å²) in [7, 11) is 0. The maximum Gasteiger partial charge on any atom is 0.185 e. The molecule has 1 unspecified atom stereocenters. The van der Waals surface area contributed by atoms with Crippen LogP contribution in [0.15, 0.2) is 66.5 Å². The Hall–Kier alpha value is -2.09. The third-order valence-electron chi connectivity index (χ3n) is 3.04. The highest BCUT2D eigenvalue weighted by molar-refractivity contribution is 6.04. The van der Waals surface area contributed by atoms with Gasteiger partial charge < -0.3 is 4.74 Å². The molecule has 0 radical (unpaired) electrons. The Kier molecular flexibility index (Phi) is 2.22. The summed E-state index contributed by atoms with van der Waals surface area (Å²) in [6.07, 6.45) is 10.2. The van der Waals surface area contributed by atoms with Gasteiger partial charge in [-0.3, -0.25) is 4.79 Å². The number of allylic oxidation sites excluding steroid dienone is 2. The Morgan fingerprint density at radius 2 is 2.12 bits per heavy atom. The van der Waals surface area contributed by atoms with Crippen molar-refractivity contribution in [3.63, 3.8) is 0 Å². The van der Waals surface area contributed by atoms with Crippen molar-refractivity contribution >= 4 is 5.78 Å². The third kappa shape index (κ3) is 1.82. The van der Waals surface area contributed by atoms with Gasteiger partial charge >= 0.3 is 0 Å². The molecule has 0 aromatic heterocycles. The molecule has 0 aliphatic carbocycles. The number of hydrogen-bond donors (Lipinski definition) is 0. The molecule has 2 heteroatoms. The number of hydrogen-bond acceptors (Lipinski definition) is 2. The van der Waals surface area contributed by atoms with Gasteiger partial charge in [-0.15, -0.1) is 0 Å². The van der Waals surface area contributed by atoms with Crippen LogP contribution in [0.2, 0.25) is 0 Å². The van der Waals surface area contributed by atoms with Gasteiger partial charge in [0.15, 0.2) is 5.78 Å². The van der Waals surface area contributed by atoms with E-state index in [4.69, 9.17) is 4.74 Å². The summed E-state index contributed by atoms with van der Waals surface area (Å²) in [6.45, 7) is 0. The zero-order chi connectivity index (χ0) is 11.7. The lowest BCUT2D eigenvalue weighted by atomic mass is 9.97. The number of carbonyl (C=O) groups is 1. The van der Waals surface area contributed by atoms with E-state index in [-0.39, 0.29) is 5.78 Å². The molecule has 0 saturated carbocycles. The minimum absolute atomic E-state index is 0.0114. The second-order valence-electron chi connectivity index (χ2n) is 4.26. The SMILES string of the molecule is O=C(C=CC12C=CC(=CC1)O2)c1ccccc1. The molecule has 0 fully saturated rings. The van der Waals surface area contributed by atoms with Crippen LogP contribution < -0.4 is 0 Å². The van der Waals surface area contributed by atoms with E-state index in [1.165, 1.54) is 0 Å². The average Bonchev–Trinajstić information content (AvgIpc) is 2.98. The highest BCUT2D eigenvalue weighted by Crippen LogP contribution is 2.37. The van der Waals surface area contributed by atoms with E-state index in [0.29, 0.717) is 5.56 Å². The summed E-state index contributed by atoms with van der Waals surface area (Å²) in [5, 5.41) is 0. The van der Waals surface area contributed by atoms with Crippen LogP contribution in [0, 0.1) is 0 Å². The first-order valence-corrected chi connectivity index (χ1v) is 5.64. The van der Waals surface area contributed by atoms with Crippen LogP contribution in [0.1, 0.15) is 16.8 Å². The zero-order valence-corrected chi connectivity index (χ0v) is 9.30. The standard InChI is InChI=1S/C15H12O2/c16-14(12-4-2-1-3-5-12)8-11-15-9-6-13(17-15)7-10-15/h1-9,11H,10H2. The van der Waals surface area contributed by atoms with Crippen molar-refractivity contribution in [2.75, 3.05) is 0 Å². The molecule has 84 valence electrons. The molecule has 2 nitrogen and oxygen atoms in total. The van der Waals surface area contributed by atoms with E-state index >= 15 is 0 Å². The monoisotopic (exact) mass is 224 g/mol. The fraction of sp³-hybridized carbons (Fsp3) is 0.133. The summed E-state index contributed by atoms with van der Waals surface area (Å²) in [4.78, 5) is 11.9. The molecule has 17 heavy (non-hydrogen) atoms. The van der Waals surface area contributed by atoms with Crippen LogP contribution in [0.4, 0.5) is 0 Å². The minimum Gasteiger partial charge on any atom is -0.479 e. The fourth-order valence-electron chi connectivity index (χ4n) is 2.06. The number of ether oxygens (including phenoxy) is 1. The summed E-state index contributed by atoms with van der Waals surface area (Å²) < 4.78 is 5.66. The smallest absolute Gasteiger partial charge is 0.185 e. The summed E-state index contributed by atoms with van der Waals surface area (Å²) in [5.74, 6) is 0.916. The Balaban J connectivity index is 1.76. The molecule has 2 bridgehead atoms. The van der Waals surface area contributed by atoms with Gasteiger partial charge in [0.05, 0.1) is 0 Å². The topological polar surface area (TPSA) is 26.3 Å². The van der Waals surface area contributed by atoms with Gasteiger partial charge in [-0.2, -0.15) is 0 Å². The molecule has 0 amide bonds. The van der Waals surface area contributed by atoms with Gasteiger partial charge in [-0.25, -0.2) is 0 Å². The second-order valence-corrected chi connectivity index (χ2v) is 4.26. The first-order valence-electron chi connectivity index (χ1n) is 5.64. The van der Waals surface area contributed by atoms with E-state index in [9.17, 15) is 4.79 Å². The highest BCUT2D eigenvalue weighted by Gasteiger charge is 2.35. The number of carbonyl (C=O) groups excluding carboxylic acids is 1. The predicted molar refractivity (Wildman–Crippen MR) is 65.6 cm³/mol. The lowest BCUT2D eigenvalue weighted by Gasteiger charge is -2.17. The second kappa shape index (κ2) is 3.74. The predicted octanol–water partition coefficient (Wildman–Crippen LogP) is 3.04. The number of ketones is 1. The molecule has 0 spiro atoms. The van der Waals surface area contributed by atoms with Gasteiger partial charge in [0.1, 0.15) is 11.4 Å². The summed E-state index contributed by atoms with van der Waals surface area (Å²) in [5.41, 5.74) is 0.299. The summed E-state index contributed by atoms with van der Waals surface area (Å²) >= 11 is 0. The van der Waals surface area contributed by atoms with Gasteiger partial charge in [-0.05, 0) is 30.4 Å². The van der Waals surface area contributed by atoms with Crippen molar-refractivity contribution in [2.24, 2.45) is 0 Å². The quantitative estimate of drug-likeness (QED) is 0.582. The normalized spacial score (nSPS) is 25.1. The Morgan fingerprint density at radius 1 is 1.29 bits per heavy atom. The van der Waals surface area contributed by atoms with E-state index < -0.39 is 5.60 Å². The van der Waals surface area contributed by atoms with Gasteiger partial charge in [-0.1, -0.05) is 30.3 Å². The van der Waals surface area contributed by atoms with Crippen LogP contribution in [0.3, 0.4) is 0 Å². The Bertz CT molecular complexity index is 537. The van der Waals surface area contributed by atoms with Crippen molar-refractivity contribution in [2.45, 2.75) is 12.0 Å². The molecule has 0 saturated heterocycles. The number of benzene rings is 1. The van der Waals surface area contributed by atoms with Crippen molar-refractivity contribution in [1.82, 2.24) is 0 Å². The molecule has 1 aromatic rings. The van der Waals surface area contributed by atoms with Crippen LogP contribution in [0.5, 0.6) is 0 Å². The van der Waals surface area contributed by atoms with Crippen LogP contribution >= 0.6 is 0 Å². The van der Waals surface area contributed by atoms with E-state index in [0.717, 1.165) is 12.2 Å². The van der Waals surface area contributed by atoms with Crippen LogP contribution in [-0.2, 0) is 4.74 Å². The van der Waals surface area contributed by atoms with Crippen molar-refractivity contribution in [3.8, 4) is 0 Å². The molecular formula is C15H12O2. The number of rotatable bonds is 3. The largest absolute Gasteiger partial charge is 0.479 e. The van der Waals surface area contributed by atoms with Crippen molar-refractivity contribution in [1.29, 1.82) is 0 Å². The molecule has 1 aromatic carbocycles. The van der Waals surface area contributed by atoms with E-state index in [2.05, 4.69) is 0 Å². The van der Waals surface area contributed by atoms with Gasteiger partial charge in [0.2, 0.25) is 0 Å². The molecule has 1 atom stereocenters. The number of fused-ring (bicyclic) bond motifs is 2. The lowest BCUT2D eigenvalue weighted by Crippen LogP contribution is -2.19. The van der Waals surface area contributed by atoms with Gasteiger partial charge in [0.25, 0.3) is 0 Å². The Labute approximate surface area is 99.9 Å². The van der Waals surface area contributed by atoms with Gasteiger partial charge in [0, 0.05) is 12.0 Å². The van der Waals surface area contributed by atoms with Crippen molar-refractivity contribution < 1.29 is 9.53 Å². The van der Waals surface area contributed by atoms with Crippen LogP contribution in [0.25, 0.3) is 0 Å². The molecule has 2 aliphatic heterocycles.